The summed E-state index contributed by atoms with van der Waals surface area (Å²) in [6.45, 7) is 1.63. The molecule has 1 fully saturated rings. The van der Waals surface area contributed by atoms with Crippen molar-refractivity contribution in [2.75, 3.05) is 27.3 Å². The fraction of sp³-hybridized carbons (Fsp3) is 0.409. The van der Waals surface area contributed by atoms with Gasteiger partial charge in [-0.25, -0.2) is 0 Å². The van der Waals surface area contributed by atoms with Crippen LogP contribution in [0.1, 0.15) is 24.0 Å². The van der Waals surface area contributed by atoms with Crippen LogP contribution in [0.4, 0.5) is 0 Å². The number of aliphatic hydroxyl groups is 1. The fourth-order valence-corrected chi connectivity index (χ4v) is 5.44. The second-order valence-electron chi connectivity index (χ2n) is 7.10. The minimum atomic E-state index is -1.11. The van der Waals surface area contributed by atoms with Gasteiger partial charge < -0.3 is 19.5 Å². The Kier molecular flexibility index (Phi) is 5.51. The van der Waals surface area contributed by atoms with Crippen LogP contribution in [0, 0.1) is 0 Å². The molecule has 2 aliphatic rings. The van der Waals surface area contributed by atoms with E-state index in [9.17, 15) is 5.11 Å². The molecule has 1 N–H and O–H groups in total. The molecule has 0 amide bonds. The minimum absolute atomic E-state index is 0.0114. The lowest BCUT2D eigenvalue weighted by Crippen LogP contribution is -2.50. The van der Waals surface area contributed by atoms with Crippen molar-refractivity contribution in [3.8, 4) is 11.5 Å². The van der Waals surface area contributed by atoms with Crippen molar-refractivity contribution in [2.24, 2.45) is 4.99 Å². The zero-order valence-corrected chi connectivity index (χ0v) is 17.1. The topological polar surface area (TPSA) is 54.3 Å². The molecule has 2 aromatic rings. The predicted octanol–water partition coefficient (Wildman–Crippen LogP) is 3.66. The van der Waals surface area contributed by atoms with Gasteiger partial charge in [-0.3, -0.25) is 4.99 Å². The average molecular weight is 399 g/mol. The third-order valence-corrected chi connectivity index (χ3v) is 6.88. The first kappa shape index (κ1) is 19.2. The summed E-state index contributed by atoms with van der Waals surface area (Å²) in [4.78, 5) is 6.75. The van der Waals surface area contributed by atoms with Crippen molar-refractivity contribution in [3.05, 3.63) is 59.7 Å². The molecule has 28 heavy (non-hydrogen) atoms. The summed E-state index contributed by atoms with van der Waals surface area (Å²) in [5.74, 6) is 1.29. The first-order valence-corrected chi connectivity index (χ1v) is 10.5. The number of fused-ring (bicyclic) bond motifs is 1. The van der Waals surface area contributed by atoms with E-state index in [1.807, 2.05) is 24.3 Å². The van der Waals surface area contributed by atoms with Gasteiger partial charge in [-0.2, -0.15) is 0 Å². The Morgan fingerprint density at radius 2 is 1.93 bits per heavy atom. The first-order chi connectivity index (χ1) is 13.7. The number of rotatable bonds is 6. The van der Waals surface area contributed by atoms with Gasteiger partial charge in [-0.1, -0.05) is 48.2 Å². The number of nitrogens with zero attached hydrogens (tertiary/aromatic N) is 2. The number of hydrogen-bond acceptors (Lipinski definition) is 6. The van der Waals surface area contributed by atoms with Crippen molar-refractivity contribution in [1.82, 2.24) is 4.90 Å². The second-order valence-corrected chi connectivity index (χ2v) is 8.27. The van der Waals surface area contributed by atoms with E-state index in [2.05, 4.69) is 34.2 Å². The highest BCUT2D eigenvalue weighted by molar-refractivity contribution is 8.14. The van der Waals surface area contributed by atoms with Crippen LogP contribution in [0.25, 0.3) is 0 Å². The van der Waals surface area contributed by atoms with Crippen LogP contribution in [0.3, 0.4) is 0 Å². The number of methoxy groups -OCH3 is 2. The number of hydrogen-bond donors (Lipinski definition) is 1. The van der Waals surface area contributed by atoms with E-state index in [4.69, 9.17) is 9.47 Å². The molecular formula is C22H26N2O3S. The molecule has 148 valence electrons. The molecule has 1 saturated heterocycles. The molecule has 4 rings (SSSR count). The SMILES string of the molecule is COc1ccc(C2(O)C(CCc3ccccc3)SC3=NCCCN32)cc1OC. The Morgan fingerprint density at radius 3 is 2.68 bits per heavy atom. The molecule has 0 bridgehead atoms. The maximum absolute atomic E-state index is 12.0. The van der Waals surface area contributed by atoms with Crippen LogP contribution >= 0.6 is 11.8 Å². The maximum Gasteiger partial charge on any atom is 0.178 e. The fourth-order valence-electron chi connectivity index (χ4n) is 3.99. The van der Waals surface area contributed by atoms with Crippen LogP contribution in [0.15, 0.2) is 53.5 Å². The molecule has 0 aliphatic carbocycles. The predicted molar refractivity (Wildman–Crippen MR) is 113 cm³/mol. The summed E-state index contributed by atoms with van der Waals surface area (Å²) < 4.78 is 10.9. The Morgan fingerprint density at radius 1 is 1.14 bits per heavy atom. The summed E-state index contributed by atoms with van der Waals surface area (Å²) in [5, 5.41) is 12.9. The molecule has 5 nitrogen and oxygen atoms in total. The van der Waals surface area contributed by atoms with E-state index < -0.39 is 5.72 Å². The summed E-state index contributed by atoms with van der Waals surface area (Å²) in [6.07, 6.45) is 2.72. The lowest BCUT2D eigenvalue weighted by Gasteiger charge is -2.39. The lowest BCUT2D eigenvalue weighted by atomic mass is 9.92. The van der Waals surface area contributed by atoms with Crippen molar-refractivity contribution in [1.29, 1.82) is 0 Å². The number of thioether (sulfide) groups is 1. The number of benzene rings is 2. The van der Waals surface area contributed by atoms with Gasteiger partial charge in [0, 0.05) is 18.7 Å². The number of ether oxygens (including phenoxy) is 2. The van der Waals surface area contributed by atoms with E-state index in [0.29, 0.717) is 11.5 Å². The zero-order chi connectivity index (χ0) is 19.6. The lowest BCUT2D eigenvalue weighted by molar-refractivity contribution is -0.0736. The van der Waals surface area contributed by atoms with Crippen LogP contribution in [-0.4, -0.2) is 47.7 Å². The zero-order valence-electron chi connectivity index (χ0n) is 16.3. The van der Waals surface area contributed by atoms with Gasteiger partial charge in [0.05, 0.1) is 19.5 Å². The van der Waals surface area contributed by atoms with E-state index in [1.54, 1.807) is 26.0 Å². The summed E-state index contributed by atoms with van der Waals surface area (Å²) in [7, 11) is 3.24. The Balaban J connectivity index is 1.68. The highest BCUT2D eigenvalue weighted by Crippen LogP contribution is 2.49. The molecule has 2 aromatic carbocycles. The van der Waals surface area contributed by atoms with Crippen molar-refractivity contribution >= 4 is 16.9 Å². The highest BCUT2D eigenvalue weighted by Gasteiger charge is 2.52. The molecule has 2 aliphatic heterocycles. The number of aryl methyl sites for hydroxylation is 1. The van der Waals surface area contributed by atoms with Crippen molar-refractivity contribution in [2.45, 2.75) is 30.2 Å². The van der Waals surface area contributed by atoms with Gasteiger partial charge in [0.15, 0.2) is 22.4 Å². The van der Waals surface area contributed by atoms with Gasteiger partial charge in [0.2, 0.25) is 0 Å². The maximum atomic E-state index is 12.0. The molecule has 2 atom stereocenters. The van der Waals surface area contributed by atoms with Gasteiger partial charge in [0.1, 0.15) is 0 Å². The normalized spacial score (nSPS) is 23.9. The largest absolute Gasteiger partial charge is 0.493 e. The molecule has 0 spiro atoms. The van der Waals surface area contributed by atoms with E-state index in [0.717, 1.165) is 43.1 Å². The van der Waals surface area contributed by atoms with Gasteiger partial charge in [-0.05, 0) is 37.0 Å². The quantitative estimate of drug-likeness (QED) is 0.805. The van der Waals surface area contributed by atoms with Gasteiger partial charge in [0.25, 0.3) is 0 Å². The summed E-state index contributed by atoms with van der Waals surface area (Å²) >= 11 is 1.69. The van der Waals surface area contributed by atoms with Crippen LogP contribution in [0.2, 0.25) is 0 Å². The Labute approximate surface area is 170 Å². The summed E-state index contributed by atoms with van der Waals surface area (Å²) in [6, 6.07) is 16.1. The molecular weight excluding hydrogens is 372 g/mol. The van der Waals surface area contributed by atoms with Crippen molar-refractivity contribution in [3.63, 3.8) is 0 Å². The van der Waals surface area contributed by atoms with Gasteiger partial charge in [-0.15, -0.1) is 0 Å². The smallest absolute Gasteiger partial charge is 0.178 e. The van der Waals surface area contributed by atoms with Crippen molar-refractivity contribution < 1.29 is 14.6 Å². The Bertz CT molecular complexity index is 858. The summed E-state index contributed by atoms with van der Waals surface area (Å²) in [5.41, 5.74) is 0.991. The molecule has 0 radical (unpaired) electrons. The molecule has 0 aromatic heterocycles. The van der Waals surface area contributed by atoms with E-state index >= 15 is 0 Å². The number of amidine groups is 1. The molecule has 6 heteroatoms. The standard InChI is InChI=1S/C22H26N2O3S/c1-26-18-11-10-17(15-19(18)27-2)22(25)20(12-9-16-7-4-3-5-8-16)28-21-23-13-6-14-24(21)22/h3-5,7-8,10-11,15,20,25H,6,9,12-14H2,1-2H3. The van der Waals surface area contributed by atoms with Gasteiger partial charge >= 0.3 is 0 Å². The van der Waals surface area contributed by atoms with E-state index in [-0.39, 0.29) is 5.25 Å². The minimum Gasteiger partial charge on any atom is -0.493 e. The third kappa shape index (κ3) is 3.35. The second kappa shape index (κ2) is 8.05. The van der Waals surface area contributed by atoms with Crippen LogP contribution < -0.4 is 9.47 Å². The monoisotopic (exact) mass is 398 g/mol. The first-order valence-electron chi connectivity index (χ1n) is 9.64. The Hall–Kier alpha value is -2.18. The number of aliphatic imine (C=N–C) groups is 1. The molecule has 0 saturated carbocycles. The molecule has 2 heterocycles. The van der Waals surface area contributed by atoms with Crippen LogP contribution in [-0.2, 0) is 12.1 Å². The third-order valence-electron chi connectivity index (χ3n) is 5.47. The highest BCUT2D eigenvalue weighted by atomic mass is 32.2. The van der Waals surface area contributed by atoms with Crippen LogP contribution in [0.5, 0.6) is 11.5 Å². The average Bonchev–Trinajstić information content (AvgIpc) is 3.05. The van der Waals surface area contributed by atoms with E-state index in [1.165, 1.54) is 5.56 Å². The molecule has 2 unspecified atom stereocenters.